The van der Waals surface area contributed by atoms with Crippen molar-refractivity contribution in [2.75, 3.05) is 19.8 Å². The quantitative estimate of drug-likeness (QED) is 0.671. The van der Waals surface area contributed by atoms with Gasteiger partial charge in [-0.15, -0.1) is 0 Å². The van der Waals surface area contributed by atoms with Crippen LogP contribution in [0.3, 0.4) is 0 Å². The Morgan fingerprint density at radius 2 is 2.32 bits per heavy atom. The molecule has 0 aromatic heterocycles. The van der Waals surface area contributed by atoms with Gasteiger partial charge in [-0.2, -0.15) is 0 Å². The van der Waals surface area contributed by atoms with E-state index < -0.39 is 0 Å². The Kier molecular flexibility index (Phi) is 3.55. The molecule has 0 bridgehead atoms. The molecule has 1 fully saturated rings. The maximum absolute atomic E-state index is 8.82. The van der Waals surface area contributed by atoms with Crippen molar-refractivity contribution >= 4 is 5.71 Å². The van der Waals surface area contributed by atoms with Crippen LogP contribution < -0.4 is 9.47 Å². The molecule has 1 aromatic rings. The summed E-state index contributed by atoms with van der Waals surface area (Å²) in [4.78, 5) is 0. The standard InChI is InChI=1S/C14H17NO4/c16-15-13-9-19-14-7-10(4-5-12(13)14)18-8-11-3-1-2-6-17-11/h4-5,7,11,16H,1-3,6,8-9H2. The summed E-state index contributed by atoms with van der Waals surface area (Å²) in [6.45, 7) is 1.71. The zero-order valence-corrected chi connectivity index (χ0v) is 10.7. The van der Waals surface area contributed by atoms with Gasteiger partial charge in [0.1, 0.15) is 30.4 Å². The van der Waals surface area contributed by atoms with Gasteiger partial charge in [-0.1, -0.05) is 5.16 Å². The summed E-state index contributed by atoms with van der Waals surface area (Å²) >= 11 is 0. The summed E-state index contributed by atoms with van der Waals surface area (Å²) in [6, 6.07) is 5.55. The first-order valence-electron chi connectivity index (χ1n) is 6.59. The molecule has 0 radical (unpaired) electrons. The van der Waals surface area contributed by atoms with Crippen molar-refractivity contribution in [2.24, 2.45) is 5.16 Å². The molecule has 0 amide bonds. The lowest BCUT2D eigenvalue weighted by molar-refractivity contribution is -0.0111. The van der Waals surface area contributed by atoms with E-state index in [1.165, 1.54) is 6.42 Å². The minimum Gasteiger partial charge on any atom is -0.491 e. The van der Waals surface area contributed by atoms with E-state index >= 15 is 0 Å². The highest BCUT2D eigenvalue weighted by atomic mass is 16.5. The molecule has 5 nitrogen and oxygen atoms in total. The molecule has 0 spiro atoms. The summed E-state index contributed by atoms with van der Waals surface area (Å²) < 4.78 is 16.8. The minimum absolute atomic E-state index is 0.192. The van der Waals surface area contributed by atoms with Crippen molar-refractivity contribution in [3.05, 3.63) is 23.8 Å². The van der Waals surface area contributed by atoms with Gasteiger partial charge in [0, 0.05) is 18.2 Å². The highest BCUT2D eigenvalue weighted by Gasteiger charge is 2.21. The lowest BCUT2D eigenvalue weighted by atomic mass is 10.1. The average molecular weight is 263 g/mol. The molecule has 2 heterocycles. The number of benzene rings is 1. The molecule has 1 aromatic carbocycles. The van der Waals surface area contributed by atoms with E-state index in [4.69, 9.17) is 19.4 Å². The zero-order valence-electron chi connectivity index (χ0n) is 10.7. The van der Waals surface area contributed by atoms with Crippen molar-refractivity contribution < 1.29 is 19.4 Å². The lowest BCUT2D eigenvalue weighted by Crippen LogP contribution is -2.25. The minimum atomic E-state index is 0.192. The Morgan fingerprint density at radius 1 is 1.37 bits per heavy atom. The summed E-state index contributed by atoms with van der Waals surface area (Å²) in [6.07, 6.45) is 3.60. The van der Waals surface area contributed by atoms with E-state index in [1.807, 2.05) is 18.2 Å². The summed E-state index contributed by atoms with van der Waals surface area (Å²) in [7, 11) is 0. The molecule has 5 heteroatoms. The van der Waals surface area contributed by atoms with Crippen LogP contribution in [0.1, 0.15) is 24.8 Å². The number of nitrogens with zero attached hydrogens (tertiary/aromatic N) is 1. The molecule has 2 aliphatic rings. The second kappa shape index (κ2) is 5.48. The van der Waals surface area contributed by atoms with Gasteiger partial charge in [0.25, 0.3) is 0 Å². The molecular weight excluding hydrogens is 246 g/mol. The largest absolute Gasteiger partial charge is 0.491 e. The molecule has 0 aliphatic carbocycles. The summed E-state index contributed by atoms with van der Waals surface area (Å²) in [5, 5.41) is 12.0. The first-order valence-corrected chi connectivity index (χ1v) is 6.59. The van der Waals surface area contributed by atoms with Gasteiger partial charge in [-0.3, -0.25) is 0 Å². The Labute approximate surface area is 111 Å². The number of oxime groups is 1. The summed E-state index contributed by atoms with van der Waals surface area (Å²) in [5.41, 5.74) is 1.38. The van der Waals surface area contributed by atoms with E-state index in [2.05, 4.69) is 5.16 Å². The molecule has 1 N–H and O–H groups in total. The highest BCUT2D eigenvalue weighted by Crippen LogP contribution is 2.30. The molecule has 0 saturated carbocycles. The van der Waals surface area contributed by atoms with Crippen LogP contribution in [-0.4, -0.2) is 36.8 Å². The van der Waals surface area contributed by atoms with Gasteiger partial charge in [-0.05, 0) is 31.4 Å². The lowest BCUT2D eigenvalue weighted by Gasteiger charge is -2.22. The normalized spacial score (nSPS) is 24.0. The van der Waals surface area contributed by atoms with Crippen molar-refractivity contribution in [1.82, 2.24) is 0 Å². The zero-order chi connectivity index (χ0) is 13.1. The second-order valence-corrected chi connectivity index (χ2v) is 4.79. The fourth-order valence-corrected chi connectivity index (χ4v) is 2.38. The fraction of sp³-hybridized carbons (Fsp3) is 0.500. The number of rotatable bonds is 3. The van der Waals surface area contributed by atoms with Gasteiger partial charge >= 0.3 is 0 Å². The molecular formula is C14H17NO4. The Morgan fingerprint density at radius 3 is 3.11 bits per heavy atom. The highest BCUT2D eigenvalue weighted by molar-refractivity contribution is 6.05. The van der Waals surface area contributed by atoms with Gasteiger partial charge in [0.15, 0.2) is 0 Å². The second-order valence-electron chi connectivity index (χ2n) is 4.79. The fourth-order valence-electron chi connectivity index (χ4n) is 2.38. The van der Waals surface area contributed by atoms with Crippen LogP contribution in [0.25, 0.3) is 0 Å². The van der Waals surface area contributed by atoms with E-state index in [0.717, 1.165) is 30.8 Å². The average Bonchev–Trinajstić information content (AvgIpc) is 2.88. The third-order valence-corrected chi connectivity index (χ3v) is 3.46. The molecule has 1 saturated heterocycles. The van der Waals surface area contributed by atoms with Crippen molar-refractivity contribution in [1.29, 1.82) is 0 Å². The van der Waals surface area contributed by atoms with Crippen LogP contribution in [0.5, 0.6) is 11.5 Å². The predicted octanol–water partition coefficient (Wildman–Crippen LogP) is 2.21. The van der Waals surface area contributed by atoms with Crippen molar-refractivity contribution in [3.63, 3.8) is 0 Å². The van der Waals surface area contributed by atoms with E-state index in [1.54, 1.807) is 0 Å². The number of hydrogen-bond acceptors (Lipinski definition) is 5. The van der Waals surface area contributed by atoms with E-state index in [-0.39, 0.29) is 6.10 Å². The smallest absolute Gasteiger partial charge is 0.134 e. The predicted molar refractivity (Wildman–Crippen MR) is 69.3 cm³/mol. The molecule has 102 valence electrons. The maximum atomic E-state index is 8.82. The Hall–Kier alpha value is -1.75. The van der Waals surface area contributed by atoms with Crippen molar-refractivity contribution in [3.8, 4) is 11.5 Å². The molecule has 1 atom stereocenters. The van der Waals surface area contributed by atoms with Crippen LogP contribution >= 0.6 is 0 Å². The monoisotopic (exact) mass is 263 g/mol. The number of ether oxygens (including phenoxy) is 3. The van der Waals surface area contributed by atoms with Crippen LogP contribution in [-0.2, 0) is 4.74 Å². The van der Waals surface area contributed by atoms with Gasteiger partial charge in [0.05, 0.1) is 6.10 Å². The number of hydrogen-bond donors (Lipinski definition) is 1. The maximum Gasteiger partial charge on any atom is 0.134 e. The third kappa shape index (κ3) is 2.66. The first kappa shape index (κ1) is 12.3. The molecule has 3 rings (SSSR count). The van der Waals surface area contributed by atoms with Gasteiger partial charge < -0.3 is 19.4 Å². The van der Waals surface area contributed by atoms with E-state index in [0.29, 0.717) is 24.7 Å². The molecule has 1 unspecified atom stereocenters. The summed E-state index contributed by atoms with van der Waals surface area (Å²) in [5.74, 6) is 1.46. The SMILES string of the molecule is ON=C1COc2cc(OCC3CCCCO3)ccc21. The van der Waals surface area contributed by atoms with Gasteiger partial charge in [-0.25, -0.2) is 0 Å². The van der Waals surface area contributed by atoms with Crippen LogP contribution in [0.2, 0.25) is 0 Å². The van der Waals surface area contributed by atoms with Crippen LogP contribution in [0, 0.1) is 0 Å². The topological polar surface area (TPSA) is 60.3 Å². The molecule has 2 aliphatic heterocycles. The van der Waals surface area contributed by atoms with Crippen LogP contribution in [0.4, 0.5) is 0 Å². The van der Waals surface area contributed by atoms with Gasteiger partial charge in [0.2, 0.25) is 0 Å². The Bertz CT molecular complexity index is 480. The first-order chi connectivity index (χ1) is 9.36. The van der Waals surface area contributed by atoms with E-state index in [9.17, 15) is 0 Å². The number of fused-ring (bicyclic) bond motifs is 1. The van der Waals surface area contributed by atoms with Crippen molar-refractivity contribution in [2.45, 2.75) is 25.4 Å². The third-order valence-electron chi connectivity index (χ3n) is 3.46. The molecule has 19 heavy (non-hydrogen) atoms. The Balaban J connectivity index is 1.63. The van der Waals surface area contributed by atoms with Crippen LogP contribution in [0.15, 0.2) is 23.4 Å².